The van der Waals surface area contributed by atoms with Gasteiger partial charge in [0.05, 0.1) is 11.1 Å². The zero-order valence-electron chi connectivity index (χ0n) is 18.5. The normalized spacial score (nSPS) is 17.0. The Balaban J connectivity index is 1.57. The third-order valence-corrected chi connectivity index (χ3v) is 6.49. The van der Waals surface area contributed by atoms with Crippen molar-refractivity contribution in [3.63, 3.8) is 0 Å². The van der Waals surface area contributed by atoms with Gasteiger partial charge in [0.1, 0.15) is 5.82 Å². The molecule has 168 valence electrons. The highest BCUT2D eigenvalue weighted by Crippen LogP contribution is 2.49. The van der Waals surface area contributed by atoms with Crippen LogP contribution in [0.1, 0.15) is 34.3 Å². The number of benzene rings is 3. The van der Waals surface area contributed by atoms with Crippen molar-refractivity contribution in [1.82, 2.24) is 4.98 Å². The molecule has 4 aromatic rings. The van der Waals surface area contributed by atoms with Crippen LogP contribution in [0.25, 0.3) is 0 Å². The van der Waals surface area contributed by atoms with Gasteiger partial charge in [-0.05, 0) is 78.6 Å². The molecule has 1 aromatic heterocycles. The monoisotopic (exact) mass is 450 g/mol. The van der Waals surface area contributed by atoms with E-state index in [1.165, 1.54) is 24.3 Å². The topological polar surface area (TPSA) is 50.3 Å². The van der Waals surface area contributed by atoms with Crippen LogP contribution in [-0.2, 0) is 16.6 Å². The smallest absolute Gasteiger partial charge is 0.242 e. The molecular formula is C29H23FN2O2. The maximum Gasteiger partial charge on any atom is 0.242 e. The number of Topliss-reactive ketones (excluding diaryl/α,β-unsaturated/α-hetero) is 1. The number of hydrogen-bond acceptors (Lipinski definition) is 3. The van der Waals surface area contributed by atoms with Gasteiger partial charge in [-0.2, -0.15) is 0 Å². The molecule has 0 bridgehead atoms. The van der Waals surface area contributed by atoms with E-state index in [9.17, 15) is 14.0 Å². The Bertz CT molecular complexity index is 1320. The summed E-state index contributed by atoms with van der Waals surface area (Å²) < 4.78 is 13.3. The number of amides is 1. The molecule has 4 nitrogen and oxygen atoms in total. The number of hydrogen-bond donors (Lipinski definition) is 0. The molecule has 0 fully saturated rings. The quantitative estimate of drug-likeness (QED) is 0.323. The summed E-state index contributed by atoms with van der Waals surface area (Å²) in [5.74, 6) is -0.551. The van der Waals surface area contributed by atoms with Gasteiger partial charge in [0.25, 0.3) is 0 Å². The molecular weight excluding hydrogens is 427 g/mol. The fourth-order valence-electron chi connectivity index (χ4n) is 4.80. The number of rotatable bonds is 7. The first-order chi connectivity index (χ1) is 16.6. The van der Waals surface area contributed by atoms with Crippen LogP contribution in [0.4, 0.5) is 15.8 Å². The molecule has 3 aromatic carbocycles. The second-order valence-corrected chi connectivity index (χ2v) is 8.54. The number of carbonyl (C=O) groups is 2. The Morgan fingerprint density at radius 1 is 0.853 bits per heavy atom. The lowest BCUT2D eigenvalue weighted by molar-refractivity contribution is -0.122. The predicted molar refractivity (Wildman–Crippen MR) is 130 cm³/mol. The van der Waals surface area contributed by atoms with Crippen molar-refractivity contribution >= 4 is 23.1 Å². The molecule has 34 heavy (non-hydrogen) atoms. The summed E-state index contributed by atoms with van der Waals surface area (Å²) in [7, 11) is 0. The zero-order chi connectivity index (χ0) is 23.5. The Morgan fingerprint density at radius 3 is 2.26 bits per heavy atom. The first kappa shape index (κ1) is 21.7. The maximum absolute atomic E-state index is 14.2. The van der Waals surface area contributed by atoms with Crippen molar-refractivity contribution in [3.8, 4) is 0 Å². The summed E-state index contributed by atoms with van der Waals surface area (Å²) in [5, 5.41) is 0. The average molecular weight is 451 g/mol. The standard InChI is InChI=1S/C29H23FN2O2/c30-23-12-10-22(11-13-23)27(33)14-17-29(20-21-15-18-31-19-16-21)25-8-4-5-9-26(25)32(28(29)34)24-6-2-1-3-7-24/h1-13,15-16,18-19H,14,17,20H2. The molecule has 1 aliphatic rings. The lowest BCUT2D eigenvalue weighted by Gasteiger charge is -2.29. The lowest BCUT2D eigenvalue weighted by Crippen LogP contribution is -2.40. The molecule has 2 heterocycles. The largest absolute Gasteiger partial charge is 0.294 e. The number of fused-ring (bicyclic) bond motifs is 1. The fourth-order valence-corrected chi connectivity index (χ4v) is 4.80. The third-order valence-electron chi connectivity index (χ3n) is 6.49. The molecule has 5 rings (SSSR count). The van der Waals surface area contributed by atoms with Crippen LogP contribution in [0.15, 0.2) is 103 Å². The van der Waals surface area contributed by atoms with Crippen LogP contribution in [0.2, 0.25) is 0 Å². The fraction of sp³-hybridized carbons (Fsp3) is 0.138. The van der Waals surface area contributed by atoms with Crippen LogP contribution in [0.3, 0.4) is 0 Å². The van der Waals surface area contributed by atoms with E-state index in [-0.39, 0.29) is 23.9 Å². The molecule has 0 aliphatic carbocycles. The third kappa shape index (κ3) is 3.90. The van der Waals surface area contributed by atoms with Gasteiger partial charge in [0, 0.05) is 30.1 Å². The molecule has 0 saturated carbocycles. The van der Waals surface area contributed by atoms with Gasteiger partial charge >= 0.3 is 0 Å². The van der Waals surface area contributed by atoms with E-state index in [4.69, 9.17) is 0 Å². The summed E-state index contributed by atoms with van der Waals surface area (Å²) in [6.07, 6.45) is 4.38. The summed E-state index contributed by atoms with van der Waals surface area (Å²) in [4.78, 5) is 33.1. The number of ketones is 1. The van der Waals surface area contributed by atoms with Gasteiger partial charge in [-0.3, -0.25) is 19.5 Å². The number of nitrogens with zero attached hydrogens (tertiary/aromatic N) is 2. The molecule has 0 saturated heterocycles. The number of para-hydroxylation sites is 2. The molecule has 1 aliphatic heterocycles. The predicted octanol–water partition coefficient (Wildman–Crippen LogP) is 6.04. The van der Waals surface area contributed by atoms with Crippen molar-refractivity contribution in [3.05, 3.63) is 126 Å². The minimum absolute atomic E-state index is 0.0522. The second kappa shape index (κ2) is 9.02. The van der Waals surface area contributed by atoms with E-state index in [1.54, 1.807) is 17.3 Å². The highest BCUT2D eigenvalue weighted by atomic mass is 19.1. The maximum atomic E-state index is 14.2. The first-order valence-corrected chi connectivity index (χ1v) is 11.3. The molecule has 0 radical (unpaired) electrons. The van der Waals surface area contributed by atoms with Gasteiger partial charge in [-0.1, -0.05) is 36.4 Å². The molecule has 0 spiro atoms. The van der Waals surface area contributed by atoms with Gasteiger partial charge in [0.15, 0.2) is 5.78 Å². The number of pyridine rings is 1. The number of anilines is 2. The van der Waals surface area contributed by atoms with Crippen LogP contribution in [0.5, 0.6) is 0 Å². The molecule has 1 unspecified atom stereocenters. The van der Waals surface area contributed by atoms with E-state index in [0.717, 1.165) is 22.5 Å². The van der Waals surface area contributed by atoms with Crippen LogP contribution in [-0.4, -0.2) is 16.7 Å². The van der Waals surface area contributed by atoms with Crippen molar-refractivity contribution in [2.45, 2.75) is 24.7 Å². The number of carbonyl (C=O) groups excluding carboxylic acids is 2. The van der Waals surface area contributed by atoms with E-state index in [2.05, 4.69) is 4.98 Å². The minimum atomic E-state index is -0.913. The second-order valence-electron chi connectivity index (χ2n) is 8.54. The summed E-state index contributed by atoms with van der Waals surface area (Å²) in [6.45, 7) is 0. The van der Waals surface area contributed by atoms with Crippen LogP contribution in [0, 0.1) is 5.82 Å². The van der Waals surface area contributed by atoms with E-state index < -0.39 is 5.41 Å². The van der Waals surface area contributed by atoms with Crippen LogP contribution < -0.4 is 4.90 Å². The van der Waals surface area contributed by atoms with Crippen molar-refractivity contribution < 1.29 is 14.0 Å². The average Bonchev–Trinajstić information content (AvgIpc) is 3.12. The lowest BCUT2D eigenvalue weighted by atomic mass is 9.72. The summed E-state index contributed by atoms with van der Waals surface area (Å²) >= 11 is 0. The highest BCUT2D eigenvalue weighted by Gasteiger charge is 2.51. The summed E-state index contributed by atoms with van der Waals surface area (Å²) in [6, 6.07) is 26.7. The molecule has 5 heteroatoms. The van der Waals surface area contributed by atoms with E-state index in [0.29, 0.717) is 18.4 Å². The van der Waals surface area contributed by atoms with Gasteiger partial charge in [-0.15, -0.1) is 0 Å². The molecule has 1 amide bonds. The van der Waals surface area contributed by atoms with E-state index >= 15 is 0 Å². The molecule has 1 atom stereocenters. The summed E-state index contributed by atoms with van der Waals surface area (Å²) in [5.41, 5.74) is 3.04. The van der Waals surface area contributed by atoms with Gasteiger partial charge in [-0.25, -0.2) is 4.39 Å². The Labute approximate surface area is 197 Å². The SMILES string of the molecule is O=C(CCC1(Cc2ccncc2)C(=O)N(c2ccccc2)c2ccccc21)c1ccc(F)cc1. The van der Waals surface area contributed by atoms with E-state index in [1.807, 2.05) is 66.7 Å². The van der Waals surface area contributed by atoms with Crippen molar-refractivity contribution in [2.24, 2.45) is 0 Å². The number of halogens is 1. The molecule has 0 N–H and O–H groups in total. The Morgan fingerprint density at radius 2 is 1.53 bits per heavy atom. The first-order valence-electron chi connectivity index (χ1n) is 11.3. The Hall–Kier alpha value is -4.12. The Kier molecular flexibility index (Phi) is 5.76. The van der Waals surface area contributed by atoms with Gasteiger partial charge in [0.2, 0.25) is 5.91 Å². The highest BCUT2D eigenvalue weighted by molar-refractivity contribution is 6.13. The minimum Gasteiger partial charge on any atom is -0.294 e. The van der Waals surface area contributed by atoms with Crippen molar-refractivity contribution in [2.75, 3.05) is 4.90 Å². The van der Waals surface area contributed by atoms with Crippen molar-refractivity contribution in [1.29, 1.82) is 0 Å². The van der Waals surface area contributed by atoms with Gasteiger partial charge < -0.3 is 0 Å². The number of aromatic nitrogens is 1. The van der Waals surface area contributed by atoms with Crippen LogP contribution >= 0.6 is 0 Å². The zero-order valence-corrected chi connectivity index (χ0v) is 18.5.